The molecule has 0 aliphatic heterocycles. The summed E-state index contributed by atoms with van der Waals surface area (Å²) < 4.78 is 1.19. The van der Waals surface area contributed by atoms with E-state index in [9.17, 15) is 0 Å². The molecule has 5 heteroatoms. The van der Waals surface area contributed by atoms with Crippen LogP contribution in [0.5, 0.6) is 0 Å². The van der Waals surface area contributed by atoms with Gasteiger partial charge in [-0.1, -0.05) is 0 Å². The van der Waals surface area contributed by atoms with Crippen molar-refractivity contribution in [3.8, 4) is 0 Å². The Morgan fingerprint density at radius 1 is 1.40 bits per heavy atom. The van der Waals surface area contributed by atoms with E-state index in [-0.39, 0.29) is 0 Å². The zero-order valence-corrected chi connectivity index (χ0v) is 11.3. The van der Waals surface area contributed by atoms with Gasteiger partial charge >= 0.3 is 0 Å². The molecule has 15 heavy (non-hydrogen) atoms. The molecule has 0 amide bonds. The van der Waals surface area contributed by atoms with E-state index in [1.165, 1.54) is 15.0 Å². The Morgan fingerprint density at radius 3 is 3.00 bits per heavy atom. The van der Waals surface area contributed by atoms with Gasteiger partial charge in [-0.05, 0) is 32.9 Å². The SMILES string of the molecule is Brc1cc(CNCCc2cscn2)cs1. The lowest BCUT2D eigenvalue weighted by Crippen LogP contribution is -2.16. The summed E-state index contributed by atoms with van der Waals surface area (Å²) in [4.78, 5) is 4.24. The van der Waals surface area contributed by atoms with Crippen LogP contribution < -0.4 is 5.32 Å². The van der Waals surface area contributed by atoms with E-state index >= 15 is 0 Å². The average molecular weight is 303 g/mol. The Labute approximate surface area is 106 Å². The van der Waals surface area contributed by atoms with Crippen molar-refractivity contribution in [2.45, 2.75) is 13.0 Å². The molecule has 0 aromatic carbocycles. The van der Waals surface area contributed by atoms with Crippen molar-refractivity contribution in [2.24, 2.45) is 0 Å². The van der Waals surface area contributed by atoms with Crippen LogP contribution in [0.3, 0.4) is 0 Å². The maximum atomic E-state index is 4.24. The lowest BCUT2D eigenvalue weighted by molar-refractivity contribution is 0.683. The fourth-order valence-electron chi connectivity index (χ4n) is 1.25. The first-order valence-corrected chi connectivity index (χ1v) is 7.27. The van der Waals surface area contributed by atoms with Crippen molar-refractivity contribution in [3.05, 3.63) is 37.4 Å². The minimum absolute atomic E-state index is 0.937. The largest absolute Gasteiger partial charge is 0.312 e. The first kappa shape index (κ1) is 11.3. The molecule has 2 aromatic rings. The van der Waals surface area contributed by atoms with Gasteiger partial charge in [0.05, 0.1) is 15.0 Å². The summed E-state index contributed by atoms with van der Waals surface area (Å²) in [5.41, 5.74) is 4.40. The molecule has 0 bridgehead atoms. The Balaban J connectivity index is 1.67. The van der Waals surface area contributed by atoms with Crippen LogP contribution in [0.4, 0.5) is 0 Å². The monoisotopic (exact) mass is 302 g/mol. The van der Waals surface area contributed by atoms with Crippen LogP contribution in [0, 0.1) is 0 Å². The minimum atomic E-state index is 0.937. The van der Waals surface area contributed by atoms with E-state index in [2.05, 4.69) is 43.1 Å². The molecule has 0 saturated carbocycles. The summed E-state index contributed by atoms with van der Waals surface area (Å²) >= 11 is 6.83. The molecule has 2 heterocycles. The molecule has 2 rings (SSSR count). The van der Waals surface area contributed by atoms with Crippen molar-refractivity contribution in [1.29, 1.82) is 0 Å². The van der Waals surface area contributed by atoms with Gasteiger partial charge in [0.15, 0.2) is 0 Å². The second-order valence-corrected chi connectivity index (χ2v) is 6.17. The third kappa shape index (κ3) is 3.68. The molecule has 0 radical (unpaired) electrons. The molecule has 0 aliphatic carbocycles. The molecule has 0 unspecified atom stereocenters. The van der Waals surface area contributed by atoms with Crippen LogP contribution in [-0.2, 0) is 13.0 Å². The van der Waals surface area contributed by atoms with E-state index in [1.54, 1.807) is 22.7 Å². The number of rotatable bonds is 5. The first-order chi connectivity index (χ1) is 7.34. The predicted molar refractivity (Wildman–Crippen MR) is 69.5 cm³/mol. The van der Waals surface area contributed by atoms with Crippen LogP contribution in [0.25, 0.3) is 0 Å². The Bertz CT molecular complexity index is 397. The molecule has 0 fully saturated rings. The fourth-order valence-corrected chi connectivity index (χ4v) is 3.05. The molecule has 2 nitrogen and oxygen atoms in total. The van der Waals surface area contributed by atoms with E-state index in [1.807, 2.05) is 5.51 Å². The van der Waals surface area contributed by atoms with Gasteiger partial charge in [-0.2, -0.15) is 0 Å². The normalized spacial score (nSPS) is 10.7. The molecule has 0 saturated heterocycles. The van der Waals surface area contributed by atoms with Crippen molar-refractivity contribution in [1.82, 2.24) is 10.3 Å². The highest BCUT2D eigenvalue weighted by Crippen LogP contribution is 2.20. The zero-order chi connectivity index (χ0) is 10.5. The first-order valence-electron chi connectivity index (χ1n) is 4.65. The zero-order valence-electron chi connectivity index (χ0n) is 8.07. The van der Waals surface area contributed by atoms with Crippen molar-refractivity contribution in [2.75, 3.05) is 6.54 Å². The van der Waals surface area contributed by atoms with E-state index in [0.717, 1.165) is 19.5 Å². The van der Waals surface area contributed by atoms with Gasteiger partial charge in [0.1, 0.15) is 0 Å². The number of hydrogen-bond donors (Lipinski definition) is 1. The van der Waals surface area contributed by atoms with E-state index < -0.39 is 0 Å². The molecule has 0 aliphatic rings. The van der Waals surface area contributed by atoms with Crippen LogP contribution in [0.15, 0.2) is 26.1 Å². The summed E-state index contributed by atoms with van der Waals surface area (Å²) in [5.74, 6) is 0. The van der Waals surface area contributed by atoms with Gasteiger partial charge in [0, 0.05) is 24.9 Å². The second-order valence-electron chi connectivity index (χ2n) is 3.17. The third-order valence-corrected chi connectivity index (χ3v) is 4.18. The Hall–Kier alpha value is -0.230. The standard InChI is InChI=1S/C10H11BrN2S2/c11-10-3-8(5-15-10)4-12-2-1-9-6-14-7-13-9/h3,5-7,12H,1-2,4H2. The lowest BCUT2D eigenvalue weighted by Gasteiger charge is -2.00. The number of nitrogens with one attached hydrogen (secondary N) is 1. The van der Waals surface area contributed by atoms with Crippen LogP contribution in [-0.4, -0.2) is 11.5 Å². The van der Waals surface area contributed by atoms with Gasteiger partial charge < -0.3 is 5.32 Å². The molecule has 2 aromatic heterocycles. The van der Waals surface area contributed by atoms with Gasteiger partial charge in [0.25, 0.3) is 0 Å². The maximum Gasteiger partial charge on any atom is 0.0794 e. The molecular formula is C10H11BrN2S2. The highest BCUT2D eigenvalue weighted by molar-refractivity contribution is 9.11. The molecule has 0 spiro atoms. The molecule has 0 atom stereocenters. The van der Waals surface area contributed by atoms with E-state index in [0.29, 0.717) is 0 Å². The lowest BCUT2D eigenvalue weighted by atomic mass is 10.3. The van der Waals surface area contributed by atoms with E-state index in [4.69, 9.17) is 0 Å². The summed E-state index contributed by atoms with van der Waals surface area (Å²) in [6.07, 6.45) is 1.01. The third-order valence-electron chi connectivity index (χ3n) is 1.99. The maximum absolute atomic E-state index is 4.24. The van der Waals surface area contributed by atoms with Crippen molar-refractivity contribution >= 4 is 38.6 Å². The van der Waals surface area contributed by atoms with Crippen LogP contribution in [0.1, 0.15) is 11.3 Å². The molecular weight excluding hydrogens is 292 g/mol. The number of aromatic nitrogens is 1. The number of nitrogens with zero attached hydrogens (tertiary/aromatic N) is 1. The Kier molecular flexibility index (Phi) is 4.31. The topological polar surface area (TPSA) is 24.9 Å². The number of hydrogen-bond acceptors (Lipinski definition) is 4. The highest BCUT2D eigenvalue weighted by Gasteiger charge is 1.97. The smallest absolute Gasteiger partial charge is 0.0794 e. The Morgan fingerprint density at radius 2 is 2.33 bits per heavy atom. The molecule has 1 N–H and O–H groups in total. The summed E-state index contributed by atoms with van der Waals surface area (Å²) in [5, 5.41) is 7.67. The number of halogens is 1. The van der Waals surface area contributed by atoms with Crippen molar-refractivity contribution in [3.63, 3.8) is 0 Å². The second kappa shape index (κ2) is 5.75. The van der Waals surface area contributed by atoms with Gasteiger partial charge in [0.2, 0.25) is 0 Å². The summed E-state index contributed by atoms with van der Waals surface area (Å²) in [6.45, 7) is 1.92. The van der Waals surface area contributed by atoms with Crippen molar-refractivity contribution < 1.29 is 0 Å². The van der Waals surface area contributed by atoms with Gasteiger partial charge in [-0.3, -0.25) is 0 Å². The van der Waals surface area contributed by atoms with Crippen LogP contribution in [0.2, 0.25) is 0 Å². The van der Waals surface area contributed by atoms with Gasteiger partial charge in [-0.25, -0.2) is 4.98 Å². The minimum Gasteiger partial charge on any atom is -0.312 e. The fraction of sp³-hybridized carbons (Fsp3) is 0.300. The average Bonchev–Trinajstić information content (AvgIpc) is 2.84. The summed E-state index contributed by atoms with van der Waals surface area (Å²) in [7, 11) is 0. The number of thiophene rings is 1. The predicted octanol–water partition coefficient (Wildman–Crippen LogP) is 3.30. The number of thiazole rings is 1. The highest BCUT2D eigenvalue weighted by atomic mass is 79.9. The molecule has 80 valence electrons. The summed E-state index contributed by atoms with van der Waals surface area (Å²) in [6, 6.07) is 2.15. The van der Waals surface area contributed by atoms with Crippen LogP contribution >= 0.6 is 38.6 Å². The van der Waals surface area contributed by atoms with Gasteiger partial charge in [-0.15, -0.1) is 22.7 Å². The quantitative estimate of drug-likeness (QED) is 0.857.